The average molecular weight is 310 g/mol. The summed E-state index contributed by atoms with van der Waals surface area (Å²) in [5, 5.41) is 4.22. The summed E-state index contributed by atoms with van der Waals surface area (Å²) in [5.74, 6) is 2.24. The van der Waals surface area contributed by atoms with Crippen LogP contribution in [-0.4, -0.2) is 24.1 Å². The number of pyridine rings is 1. The molecule has 118 valence electrons. The van der Waals surface area contributed by atoms with Crippen molar-refractivity contribution in [1.82, 2.24) is 10.3 Å². The maximum Gasteiger partial charge on any atom is 0.147 e. The van der Waals surface area contributed by atoms with Crippen molar-refractivity contribution in [2.24, 2.45) is 11.8 Å². The fourth-order valence-electron chi connectivity index (χ4n) is 2.47. The number of halogens is 1. The molecule has 0 bridgehead atoms. The number of hydrogen-bond acceptors (Lipinski definition) is 3. The van der Waals surface area contributed by atoms with E-state index in [-0.39, 0.29) is 0 Å². The Bertz CT molecular complexity index is 455. The van der Waals surface area contributed by atoms with E-state index in [1.165, 1.54) is 12.8 Å². The normalized spacial score (nSPS) is 15.0. The molecule has 0 atom stereocenters. The number of rotatable bonds is 8. The van der Waals surface area contributed by atoms with E-state index in [2.05, 4.69) is 49.0 Å². The molecule has 1 aromatic rings. The van der Waals surface area contributed by atoms with Crippen LogP contribution in [0.5, 0.6) is 0 Å². The molecule has 0 spiro atoms. The van der Waals surface area contributed by atoms with E-state index < -0.39 is 0 Å². The first-order chi connectivity index (χ1) is 9.97. The molecule has 0 aromatic carbocycles. The summed E-state index contributed by atoms with van der Waals surface area (Å²) >= 11 is 6.49. The van der Waals surface area contributed by atoms with Crippen molar-refractivity contribution in [1.29, 1.82) is 0 Å². The molecule has 1 aromatic heterocycles. The van der Waals surface area contributed by atoms with Gasteiger partial charge in [-0.15, -0.1) is 0 Å². The van der Waals surface area contributed by atoms with Gasteiger partial charge in [0.15, 0.2) is 0 Å². The van der Waals surface area contributed by atoms with Crippen LogP contribution in [0, 0.1) is 11.8 Å². The van der Waals surface area contributed by atoms with Gasteiger partial charge in [0.1, 0.15) is 5.82 Å². The van der Waals surface area contributed by atoms with Gasteiger partial charge in [-0.2, -0.15) is 0 Å². The van der Waals surface area contributed by atoms with Crippen molar-refractivity contribution in [3.63, 3.8) is 0 Å². The Balaban J connectivity index is 2.03. The summed E-state index contributed by atoms with van der Waals surface area (Å²) in [6, 6.07) is 2.70. The zero-order chi connectivity index (χ0) is 15.4. The summed E-state index contributed by atoms with van der Waals surface area (Å²) in [5.41, 5.74) is 1.16. The molecule has 1 saturated carbocycles. The van der Waals surface area contributed by atoms with Crippen LogP contribution >= 0.6 is 11.6 Å². The van der Waals surface area contributed by atoms with Crippen molar-refractivity contribution in [2.75, 3.05) is 18.0 Å². The van der Waals surface area contributed by atoms with E-state index >= 15 is 0 Å². The van der Waals surface area contributed by atoms with Crippen molar-refractivity contribution in [2.45, 2.75) is 53.1 Å². The molecule has 0 saturated heterocycles. The largest absolute Gasteiger partial charge is 0.352 e. The van der Waals surface area contributed by atoms with Crippen LogP contribution in [0.1, 0.15) is 46.1 Å². The lowest BCUT2D eigenvalue weighted by Gasteiger charge is -2.26. The van der Waals surface area contributed by atoms with Gasteiger partial charge in [0.25, 0.3) is 0 Å². The number of aromatic nitrogens is 1. The SMILES string of the molecule is CC(C)CNCc1cnc(N(CC(C)C)C2CC2)c(Cl)c1. The fraction of sp³-hybridized carbons (Fsp3) is 0.706. The third-order valence-corrected chi connectivity index (χ3v) is 3.86. The zero-order valence-electron chi connectivity index (χ0n) is 13.7. The summed E-state index contributed by atoms with van der Waals surface area (Å²) in [4.78, 5) is 7.03. The van der Waals surface area contributed by atoms with Gasteiger partial charge in [-0.25, -0.2) is 4.98 Å². The topological polar surface area (TPSA) is 28.2 Å². The van der Waals surface area contributed by atoms with E-state index in [1.54, 1.807) is 0 Å². The van der Waals surface area contributed by atoms with Crippen LogP contribution in [0.3, 0.4) is 0 Å². The Hall–Kier alpha value is -0.800. The van der Waals surface area contributed by atoms with Crippen LogP contribution in [0.25, 0.3) is 0 Å². The van der Waals surface area contributed by atoms with E-state index in [4.69, 9.17) is 11.6 Å². The molecule has 2 rings (SSSR count). The second-order valence-corrected chi connectivity index (χ2v) is 7.36. The van der Waals surface area contributed by atoms with Gasteiger partial charge in [-0.1, -0.05) is 39.3 Å². The monoisotopic (exact) mass is 309 g/mol. The lowest BCUT2D eigenvalue weighted by atomic mass is 10.2. The predicted octanol–water partition coefficient (Wildman–Crippen LogP) is 4.11. The Morgan fingerprint density at radius 3 is 2.52 bits per heavy atom. The van der Waals surface area contributed by atoms with Gasteiger partial charge in [-0.3, -0.25) is 0 Å². The fourth-order valence-corrected chi connectivity index (χ4v) is 2.77. The Morgan fingerprint density at radius 1 is 1.29 bits per heavy atom. The second kappa shape index (κ2) is 7.46. The van der Waals surface area contributed by atoms with Crippen molar-refractivity contribution < 1.29 is 0 Å². The smallest absolute Gasteiger partial charge is 0.147 e. The standard InChI is InChI=1S/C17H28ClN3/c1-12(2)8-19-9-14-7-16(18)17(20-10-14)21(11-13(3)4)15-5-6-15/h7,10,12-13,15,19H,5-6,8-9,11H2,1-4H3. The third-order valence-electron chi connectivity index (χ3n) is 3.58. The summed E-state index contributed by atoms with van der Waals surface area (Å²) < 4.78 is 0. The highest BCUT2D eigenvalue weighted by molar-refractivity contribution is 6.33. The molecule has 0 unspecified atom stereocenters. The quantitative estimate of drug-likeness (QED) is 0.783. The molecular weight excluding hydrogens is 282 g/mol. The minimum Gasteiger partial charge on any atom is -0.352 e. The third kappa shape index (κ3) is 5.15. The van der Waals surface area contributed by atoms with E-state index in [1.807, 2.05) is 6.20 Å². The molecule has 3 nitrogen and oxygen atoms in total. The molecule has 4 heteroatoms. The van der Waals surface area contributed by atoms with Gasteiger partial charge in [0.2, 0.25) is 0 Å². The van der Waals surface area contributed by atoms with Crippen molar-refractivity contribution >= 4 is 17.4 Å². The highest BCUT2D eigenvalue weighted by Gasteiger charge is 2.31. The molecule has 0 amide bonds. The van der Waals surface area contributed by atoms with Crippen LogP contribution in [0.4, 0.5) is 5.82 Å². The molecule has 1 fully saturated rings. The van der Waals surface area contributed by atoms with Gasteiger partial charge in [0, 0.05) is 25.3 Å². The first-order valence-electron chi connectivity index (χ1n) is 8.09. The van der Waals surface area contributed by atoms with Gasteiger partial charge in [-0.05, 0) is 42.9 Å². The highest BCUT2D eigenvalue weighted by Crippen LogP contribution is 2.35. The van der Waals surface area contributed by atoms with Crippen molar-refractivity contribution in [3.05, 3.63) is 22.8 Å². The molecule has 1 aliphatic rings. The molecule has 21 heavy (non-hydrogen) atoms. The lowest BCUT2D eigenvalue weighted by Crippen LogP contribution is -2.31. The number of nitrogens with one attached hydrogen (secondary N) is 1. The molecule has 1 heterocycles. The minimum absolute atomic E-state index is 0.621. The van der Waals surface area contributed by atoms with Crippen molar-refractivity contribution in [3.8, 4) is 0 Å². The molecule has 1 N–H and O–H groups in total. The molecule has 0 aliphatic heterocycles. The first kappa shape index (κ1) is 16.6. The summed E-state index contributed by atoms with van der Waals surface area (Å²) in [6.07, 6.45) is 4.50. The maximum atomic E-state index is 6.49. The number of anilines is 1. The first-order valence-corrected chi connectivity index (χ1v) is 8.47. The Kier molecular flexibility index (Phi) is 5.88. The van der Waals surface area contributed by atoms with Gasteiger partial charge >= 0.3 is 0 Å². The van der Waals surface area contributed by atoms with E-state index in [0.717, 1.165) is 36.0 Å². The molecular formula is C17H28ClN3. The van der Waals surface area contributed by atoms with Crippen LogP contribution in [0.2, 0.25) is 5.02 Å². The molecule has 1 aliphatic carbocycles. The van der Waals surface area contributed by atoms with Gasteiger partial charge < -0.3 is 10.2 Å². The van der Waals surface area contributed by atoms with Crippen LogP contribution in [-0.2, 0) is 6.54 Å². The van der Waals surface area contributed by atoms with Gasteiger partial charge in [0.05, 0.1) is 5.02 Å². The summed E-state index contributed by atoms with van der Waals surface area (Å²) in [6.45, 7) is 11.8. The maximum absolute atomic E-state index is 6.49. The Labute approximate surface area is 134 Å². The predicted molar refractivity (Wildman–Crippen MR) is 91.0 cm³/mol. The number of nitrogens with zero attached hydrogens (tertiary/aromatic N) is 2. The van der Waals surface area contributed by atoms with E-state index in [9.17, 15) is 0 Å². The highest BCUT2D eigenvalue weighted by atomic mass is 35.5. The minimum atomic E-state index is 0.621. The van der Waals surface area contributed by atoms with Crippen LogP contribution < -0.4 is 10.2 Å². The Morgan fingerprint density at radius 2 is 2.00 bits per heavy atom. The lowest BCUT2D eigenvalue weighted by molar-refractivity contribution is 0.551. The summed E-state index contributed by atoms with van der Waals surface area (Å²) in [7, 11) is 0. The zero-order valence-corrected chi connectivity index (χ0v) is 14.5. The van der Waals surface area contributed by atoms with Crippen LogP contribution in [0.15, 0.2) is 12.3 Å². The average Bonchev–Trinajstić information content (AvgIpc) is 3.20. The van der Waals surface area contributed by atoms with E-state index in [0.29, 0.717) is 17.9 Å². The number of hydrogen-bond donors (Lipinski definition) is 1. The molecule has 0 radical (unpaired) electrons. The second-order valence-electron chi connectivity index (χ2n) is 6.95.